The third-order valence-corrected chi connectivity index (χ3v) is 6.25. The fourth-order valence-electron chi connectivity index (χ4n) is 3.02. The van der Waals surface area contributed by atoms with E-state index in [1.165, 1.54) is 30.0 Å². The molecule has 0 unspecified atom stereocenters. The van der Waals surface area contributed by atoms with Crippen molar-refractivity contribution in [3.63, 3.8) is 0 Å². The third-order valence-electron chi connectivity index (χ3n) is 4.85. The first-order chi connectivity index (χ1) is 15.8. The van der Waals surface area contributed by atoms with Gasteiger partial charge in [0, 0.05) is 30.4 Å². The fraction of sp³-hybridized carbons (Fsp3) is 0.273. The van der Waals surface area contributed by atoms with Gasteiger partial charge in [0.15, 0.2) is 11.0 Å². The largest absolute Gasteiger partial charge is 0.345 e. The predicted octanol–water partition coefficient (Wildman–Crippen LogP) is 3.47. The SMILES string of the molecule is CC[C@@H](Sc1nnc(CNC(=O)c2cccc(C)c2)n1C)C(=O)Nc1cccc([N+](=O)[O-])c1. The number of non-ortho nitro benzene ring substituents is 1. The van der Waals surface area contributed by atoms with Gasteiger partial charge in [-0.15, -0.1) is 10.2 Å². The second-order valence-corrected chi connectivity index (χ2v) is 8.49. The van der Waals surface area contributed by atoms with Crippen molar-refractivity contribution in [2.75, 3.05) is 5.32 Å². The zero-order chi connectivity index (χ0) is 24.0. The summed E-state index contributed by atoms with van der Waals surface area (Å²) in [6, 6.07) is 13.1. The van der Waals surface area contributed by atoms with Gasteiger partial charge in [-0.3, -0.25) is 19.7 Å². The number of aromatic nitrogens is 3. The van der Waals surface area contributed by atoms with Crippen LogP contribution in [-0.4, -0.2) is 36.8 Å². The van der Waals surface area contributed by atoms with E-state index in [-0.39, 0.29) is 24.0 Å². The zero-order valence-electron chi connectivity index (χ0n) is 18.4. The molecule has 2 aromatic carbocycles. The van der Waals surface area contributed by atoms with Gasteiger partial charge in [0.05, 0.1) is 16.7 Å². The number of benzene rings is 2. The van der Waals surface area contributed by atoms with Gasteiger partial charge in [0.2, 0.25) is 5.91 Å². The molecule has 0 bridgehead atoms. The van der Waals surface area contributed by atoms with Crippen LogP contribution in [0, 0.1) is 17.0 Å². The monoisotopic (exact) mass is 468 g/mol. The average Bonchev–Trinajstić information content (AvgIpc) is 3.14. The Hall–Kier alpha value is -3.73. The first kappa shape index (κ1) is 23.9. The summed E-state index contributed by atoms with van der Waals surface area (Å²) < 4.78 is 1.73. The Kier molecular flexibility index (Phi) is 7.78. The number of nitro benzene ring substituents is 1. The predicted molar refractivity (Wildman–Crippen MR) is 125 cm³/mol. The first-order valence-corrected chi connectivity index (χ1v) is 11.1. The molecule has 0 fully saturated rings. The van der Waals surface area contributed by atoms with Crippen LogP contribution in [0.3, 0.4) is 0 Å². The molecular weight excluding hydrogens is 444 g/mol. The molecule has 2 N–H and O–H groups in total. The summed E-state index contributed by atoms with van der Waals surface area (Å²) in [6.45, 7) is 3.97. The molecule has 1 aromatic heterocycles. The van der Waals surface area contributed by atoms with Crippen molar-refractivity contribution in [3.05, 3.63) is 75.6 Å². The summed E-state index contributed by atoms with van der Waals surface area (Å²) >= 11 is 1.24. The van der Waals surface area contributed by atoms with Crippen molar-refractivity contribution < 1.29 is 14.5 Å². The number of nitrogens with one attached hydrogen (secondary N) is 2. The van der Waals surface area contributed by atoms with E-state index < -0.39 is 10.2 Å². The van der Waals surface area contributed by atoms with E-state index in [2.05, 4.69) is 20.8 Å². The van der Waals surface area contributed by atoms with E-state index in [0.717, 1.165) is 5.56 Å². The number of carbonyl (C=O) groups excluding carboxylic acids is 2. The molecular formula is C22H24N6O4S. The van der Waals surface area contributed by atoms with E-state index >= 15 is 0 Å². The summed E-state index contributed by atoms with van der Waals surface area (Å²) in [5.41, 5.74) is 1.81. The van der Waals surface area contributed by atoms with Gasteiger partial charge in [0.25, 0.3) is 11.6 Å². The maximum absolute atomic E-state index is 12.7. The zero-order valence-corrected chi connectivity index (χ0v) is 19.3. The Morgan fingerprint density at radius 3 is 2.64 bits per heavy atom. The molecule has 3 aromatic rings. The number of anilines is 1. The minimum Gasteiger partial charge on any atom is -0.345 e. The van der Waals surface area contributed by atoms with Crippen LogP contribution in [-0.2, 0) is 18.4 Å². The summed E-state index contributed by atoms with van der Waals surface area (Å²) in [4.78, 5) is 35.5. The molecule has 0 radical (unpaired) electrons. The third kappa shape index (κ3) is 6.16. The molecule has 10 nitrogen and oxygen atoms in total. The smallest absolute Gasteiger partial charge is 0.271 e. The first-order valence-electron chi connectivity index (χ1n) is 10.2. The highest BCUT2D eigenvalue weighted by Gasteiger charge is 2.22. The Balaban J connectivity index is 1.62. The topological polar surface area (TPSA) is 132 Å². The second-order valence-electron chi connectivity index (χ2n) is 7.32. The normalized spacial score (nSPS) is 11.6. The Bertz CT molecular complexity index is 1180. The van der Waals surface area contributed by atoms with Crippen LogP contribution < -0.4 is 10.6 Å². The maximum atomic E-state index is 12.7. The molecule has 0 aliphatic heterocycles. The molecule has 33 heavy (non-hydrogen) atoms. The molecule has 0 aliphatic rings. The van der Waals surface area contributed by atoms with Gasteiger partial charge >= 0.3 is 0 Å². The summed E-state index contributed by atoms with van der Waals surface area (Å²) in [5, 5.41) is 24.8. The lowest BCUT2D eigenvalue weighted by Gasteiger charge is -2.14. The van der Waals surface area contributed by atoms with Gasteiger partial charge in [-0.05, 0) is 31.5 Å². The van der Waals surface area contributed by atoms with Crippen LogP contribution in [0.25, 0.3) is 0 Å². The van der Waals surface area contributed by atoms with Crippen molar-refractivity contribution >= 4 is 35.0 Å². The average molecular weight is 469 g/mol. The number of hydrogen-bond donors (Lipinski definition) is 2. The van der Waals surface area contributed by atoms with Gasteiger partial charge in [0.1, 0.15) is 0 Å². The second kappa shape index (κ2) is 10.7. The van der Waals surface area contributed by atoms with E-state index in [1.54, 1.807) is 29.8 Å². The minimum absolute atomic E-state index is 0.0980. The van der Waals surface area contributed by atoms with Crippen LogP contribution in [0.4, 0.5) is 11.4 Å². The van der Waals surface area contributed by atoms with Crippen LogP contribution in [0.1, 0.15) is 35.1 Å². The van der Waals surface area contributed by atoms with Crippen LogP contribution in [0.2, 0.25) is 0 Å². The molecule has 0 saturated heterocycles. The van der Waals surface area contributed by atoms with Crippen LogP contribution >= 0.6 is 11.8 Å². The summed E-state index contributed by atoms with van der Waals surface area (Å²) in [7, 11) is 1.77. The Labute approximate surface area is 194 Å². The Morgan fingerprint density at radius 1 is 1.18 bits per heavy atom. The number of amides is 2. The van der Waals surface area contributed by atoms with Gasteiger partial charge in [-0.1, -0.05) is 42.4 Å². The molecule has 172 valence electrons. The van der Waals surface area contributed by atoms with Crippen molar-refractivity contribution in [1.82, 2.24) is 20.1 Å². The number of rotatable bonds is 9. The number of nitrogens with zero attached hydrogens (tertiary/aromatic N) is 4. The van der Waals surface area contributed by atoms with Crippen molar-refractivity contribution in [1.29, 1.82) is 0 Å². The fourth-order valence-corrected chi connectivity index (χ4v) is 3.96. The molecule has 1 atom stereocenters. The van der Waals surface area contributed by atoms with E-state index in [0.29, 0.717) is 28.7 Å². The van der Waals surface area contributed by atoms with Crippen LogP contribution in [0.5, 0.6) is 0 Å². The van der Waals surface area contributed by atoms with Gasteiger partial charge in [-0.2, -0.15) is 0 Å². The van der Waals surface area contributed by atoms with Gasteiger partial charge in [-0.25, -0.2) is 0 Å². The molecule has 0 saturated carbocycles. The van der Waals surface area contributed by atoms with Crippen molar-refractivity contribution in [2.45, 2.75) is 37.2 Å². The lowest BCUT2D eigenvalue weighted by atomic mass is 10.1. The maximum Gasteiger partial charge on any atom is 0.271 e. The molecule has 0 spiro atoms. The highest BCUT2D eigenvalue weighted by molar-refractivity contribution is 8.00. The Morgan fingerprint density at radius 2 is 1.94 bits per heavy atom. The molecule has 1 heterocycles. The minimum atomic E-state index is -0.513. The number of nitro groups is 1. The van der Waals surface area contributed by atoms with Crippen molar-refractivity contribution in [3.8, 4) is 0 Å². The molecule has 11 heteroatoms. The highest BCUT2D eigenvalue weighted by Crippen LogP contribution is 2.26. The number of carbonyl (C=O) groups is 2. The molecule has 3 rings (SSSR count). The van der Waals surface area contributed by atoms with E-state index in [1.807, 2.05) is 26.0 Å². The summed E-state index contributed by atoms with van der Waals surface area (Å²) in [5.74, 6) is 0.0476. The number of thioether (sulfide) groups is 1. The molecule has 2 amide bonds. The number of aryl methyl sites for hydroxylation is 1. The van der Waals surface area contributed by atoms with Crippen LogP contribution in [0.15, 0.2) is 53.7 Å². The lowest BCUT2D eigenvalue weighted by molar-refractivity contribution is -0.384. The van der Waals surface area contributed by atoms with E-state index in [9.17, 15) is 19.7 Å². The lowest BCUT2D eigenvalue weighted by Crippen LogP contribution is -2.25. The van der Waals surface area contributed by atoms with E-state index in [4.69, 9.17) is 0 Å². The summed E-state index contributed by atoms with van der Waals surface area (Å²) in [6.07, 6.45) is 0.512. The standard InChI is InChI=1S/C22H24N6O4S/c1-4-18(21(30)24-16-9-6-10-17(12-16)28(31)32)33-22-26-25-19(27(22)3)13-23-20(29)15-8-5-7-14(2)11-15/h5-12,18H,4,13H2,1-3H3,(H,23,29)(H,24,30)/t18-/m1/s1. The quantitative estimate of drug-likeness (QED) is 0.279. The highest BCUT2D eigenvalue weighted by atomic mass is 32.2. The molecule has 0 aliphatic carbocycles. The van der Waals surface area contributed by atoms with Gasteiger partial charge < -0.3 is 15.2 Å². The number of hydrogen-bond acceptors (Lipinski definition) is 7. The van der Waals surface area contributed by atoms with Crippen molar-refractivity contribution in [2.24, 2.45) is 7.05 Å².